The summed E-state index contributed by atoms with van der Waals surface area (Å²) in [5.74, 6) is 0. The van der Waals surface area contributed by atoms with Crippen LogP contribution in [-0.4, -0.2) is 17.8 Å². The highest BCUT2D eigenvalue weighted by Crippen LogP contribution is 2.30. The van der Waals surface area contributed by atoms with Crippen LogP contribution in [-0.2, 0) is 4.65 Å². The molecule has 5 heteroatoms. The fourth-order valence-corrected chi connectivity index (χ4v) is 1.33. The predicted octanol–water partition coefficient (Wildman–Crippen LogP) is 1.95. The van der Waals surface area contributed by atoms with Gasteiger partial charge < -0.3 is 16.1 Å². The first-order valence-corrected chi connectivity index (χ1v) is 6.63. The van der Waals surface area contributed by atoms with Crippen LogP contribution in [0, 0.1) is 0 Å². The number of rotatable bonds is 5. The summed E-state index contributed by atoms with van der Waals surface area (Å²) in [5, 5.41) is 0. The second kappa shape index (κ2) is 5.93. The van der Waals surface area contributed by atoms with E-state index in [4.69, 9.17) is 16.1 Å². The van der Waals surface area contributed by atoms with E-state index in [1.54, 1.807) is 13.6 Å². The molecular formula is C14H22BN2OS. The average molecular weight is 277 g/mol. The van der Waals surface area contributed by atoms with Crippen molar-refractivity contribution in [2.24, 2.45) is 5.73 Å². The minimum Gasteiger partial charge on any atom is -0.428 e. The van der Waals surface area contributed by atoms with Crippen molar-refractivity contribution < 1.29 is 4.65 Å². The molecule has 19 heavy (non-hydrogen) atoms. The number of anilines is 1. The quantitative estimate of drug-likeness (QED) is 0.438. The summed E-state index contributed by atoms with van der Waals surface area (Å²) in [7, 11) is 1.71. The minimum atomic E-state index is -0.388. The molecule has 0 fully saturated rings. The third-order valence-corrected chi connectivity index (χ3v) is 3.89. The van der Waals surface area contributed by atoms with Crippen molar-refractivity contribution in [3.8, 4) is 0 Å². The summed E-state index contributed by atoms with van der Waals surface area (Å²) >= 11 is 4.55. The fourth-order valence-electron chi connectivity index (χ4n) is 1.28. The fraction of sp³-hybridized carbons (Fsp3) is 0.429. The highest BCUT2D eigenvalue weighted by atomic mass is 32.1. The van der Waals surface area contributed by atoms with Gasteiger partial charge in [-0.15, -0.1) is 0 Å². The third kappa shape index (κ3) is 4.22. The van der Waals surface area contributed by atoms with Crippen LogP contribution in [0.25, 0.3) is 6.08 Å². The maximum Gasteiger partial charge on any atom is 0.330 e. The minimum absolute atomic E-state index is 0.253. The summed E-state index contributed by atoms with van der Waals surface area (Å²) in [6, 6.07) is 5.71. The molecule has 103 valence electrons. The molecule has 0 bridgehead atoms. The smallest absolute Gasteiger partial charge is 0.330 e. The normalized spacial score (nSPS) is 12.9. The Kier molecular flexibility index (Phi) is 4.99. The summed E-state index contributed by atoms with van der Waals surface area (Å²) in [4.78, 5) is 0. The zero-order valence-corrected chi connectivity index (χ0v) is 12.9. The van der Waals surface area contributed by atoms with Crippen molar-refractivity contribution in [2.75, 3.05) is 5.73 Å². The molecule has 1 radical (unpaired) electrons. The van der Waals surface area contributed by atoms with Crippen molar-refractivity contribution in [1.29, 1.82) is 0 Å². The number of nitrogens with two attached hydrogens (primary N) is 2. The second-order valence-corrected chi connectivity index (χ2v) is 6.67. The Balaban J connectivity index is 2.77. The van der Waals surface area contributed by atoms with Gasteiger partial charge in [-0.05, 0) is 51.6 Å². The van der Waals surface area contributed by atoms with Crippen molar-refractivity contribution in [1.82, 2.24) is 0 Å². The van der Waals surface area contributed by atoms with Gasteiger partial charge in [0.1, 0.15) is 0 Å². The van der Waals surface area contributed by atoms with Crippen LogP contribution in [0.2, 0.25) is 0 Å². The Bertz CT molecular complexity index is 467. The van der Waals surface area contributed by atoms with Gasteiger partial charge in [-0.25, -0.2) is 0 Å². The van der Waals surface area contributed by atoms with E-state index < -0.39 is 0 Å². The molecular weight excluding hydrogens is 255 g/mol. The maximum absolute atomic E-state index is 5.94. The van der Waals surface area contributed by atoms with Gasteiger partial charge in [-0.3, -0.25) is 0 Å². The van der Waals surface area contributed by atoms with Crippen molar-refractivity contribution >= 4 is 37.3 Å². The standard InChI is InChI=1S/C14H22BN2OS/c1-13(2,14(3,4)19)18-15-11-6-5-10(7-8-16)12(17)9-11/h5-9,19H,16-17H2,1-4H3/b8-7-. The molecule has 0 atom stereocenters. The molecule has 3 nitrogen and oxygen atoms in total. The molecule has 1 aromatic carbocycles. The van der Waals surface area contributed by atoms with E-state index in [1.165, 1.54) is 6.20 Å². The number of nitrogen functional groups attached to an aromatic ring is 1. The van der Waals surface area contributed by atoms with Gasteiger partial charge in [0.05, 0.1) is 5.60 Å². The molecule has 4 N–H and O–H groups in total. The van der Waals surface area contributed by atoms with Crippen molar-refractivity contribution in [3.05, 3.63) is 30.0 Å². The predicted molar refractivity (Wildman–Crippen MR) is 87.7 cm³/mol. The molecule has 0 saturated carbocycles. The number of benzene rings is 1. The molecule has 1 rings (SSSR count). The SMILES string of the molecule is CC(C)(S)C(C)(C)O[B]c1ccc(/C=C\N)c(N)c1. The van der Waals surface area contributed by atoms with E-state index in [0.717, 1.165) is 11.0 Å². The zero-order chi connectivity index (χ0) is 14.7. The van der Waals surface area contributed by atoms with Gasteiger partial charge in [0.2, 0.25) is 0 Å². The summed E-state index contributed by atoms with van der Waals surface area (Å²) in [6.07, 6.45) is 3.23. The van der Waals surface area contributed by atoms with Crippen LogP contribution in [0.3, 0.4) is 0 Å². The molecule has 1 aromatic rings. The first-order chi connectivity index (χ1) is 8.67. The summed E-state index contributed by atoms with van der Waals surface area (Å²) in [5.41, 5.74) is 13.4. The van der Waals surface area contributed by atoms with E-state index in [0.29, 0.717) is 5.69 Å². The lowest BCUT2D eigenvalue weighted by molar-refractivity contribution is 0.0855. The van der Waals surface area contributed by atoms with Gasteiger partial charge in [-0.1, -0.05) is 17.6 Å². The van der Waals surface area contributed by atoms with Gasteiger partial charge >= 0.3 is 7.48 Å². The second-order valence-electron chi connectivity index (χ2n) is 5.55. The highest BCUT2D eigenvalue weighted by Gasteiger charge is 2.34. The number of thiol groups is 1. The van der Waals surface area contributed by atoms with Crippen LogP contribution < -0.4 is 16.9 Å². The maximum atomic E-state index is 5.94. The number of hydrogen-bond acceptors (Lipinski definition) is 4. The third-order valence-electron chi connectivity index (χ3n) is 3.35. The summed E-state index contributed by atoms with van der Waals surface area (Å²) in [6.45, 7) is 8.05. The topological polar surface area (TPSA) is 61.3 Å². The Morgan fingerprint density at radius 2 is 1.89 bits per heavy atom. The monoisotopic (exact) mass is 277 g/mol. The molecule has 0 amide bonds. The average Bonchev–Trinajstić information content (AvgIpc) is 2.28. The molecule has 0 aliphatic heterocycles. The highest BCUT2D eigenvalue weighted by molar-refractivity contribution is 7.81. The largest absolute Gasteiger partial charge is 0.428 e. The van der Waals surface area contributed by atoms with Crippen LogP contribution >= 0.6 is 12.6 Å². The van der Waals surface area contributed by atoms with Gasteiger partial charge in [-0.2, -0.15) is 12.6 Å². The van der Waals surface area contributed by atoms with Gasteiger partial charge in [0, 0.05) is 10.4 Å². The molecule has 0 saturated heterocycles. The Hall–Kier alpha value is -1.07. The molecule has 0 heterocycles. The zero-order valence-electron chi connectivity index (χ0n) is 12.0. The molecule has 0 aliphatic carbocycles. The van der Waals surface area contributed by atoms with E-state index in [-0.39, 0.29) is 10.3 Å². The van der Waals surface area contributed by atoms with E-state index in [1.807, 2.05) is 45.9 Å². The molecule has 0 spiro atoms. The Morgan fingerprint density at radius 3 is 2.37 bits per heavy atom. The van der Waals surface area contributed by atoms with E-state index in [2.05, 4.69) is 12.6 Å². The lowest BCUT2D eigenvalue weighted by Gasteiger charge is -2.38. The summed E-state index contributed by atoms with van der Waals surface area (Å²) < 4.78 is 5.58. The molecule has 0 aromatic heterocycles. The lowest BCUT2D eigenvalue weighted by atomic mass is 9.83. The molecule has 0 aliphatic rings. The number of hydrogen-bond donors (Lipinski definition) is 3. The first kappa shape index (κ1) is 16.0. The lowest BCUT2D eigenvalue weighted by Crippen LogP contribution is -2.45. The van der Waals surface area contributed by atoms with Crippen LogP contribution in [0.1, 0.15) is 33.3 Å². The van der Waals surface area contributed by atoms with Gasteiger partial charge in [0.15, 0.2) is 0 Å². The van der Waals surface area contributed by atoms with E-state index in [9.17, 15) is 0 Å². The van der Waals surface area contributed by atoms with Crippen molar-refractivity contribution in [3.63, 3.8) is 0 Å². The molecule has 0 unspecified atom stereocenters. The van der Waals surface area contributed by atoms with Crippen LogP contribution in [0.4, 0.5) is 5.69 Å². The van der Waals surface area contributed by atoms with E-state index >= 15 is 0 Å². The first-order valence-electron chi connectivity index (χ1n) is 6.18. The van der Waals surface area contributed by atoms with Gasteiger partial charge in [0.25, 0.3) is 0 Å². The Morgan fingerprint density at radius 1 is 1.26 bits per heavy atom. The van der Waals surface area contributed by atoms with Crippen LogP contribution in [0.15, 0.2) is 24.4 Å². The van der Waals surface area contributed by atoms with Crippen molar-refractivity contribution in [2.45, 2.75) is 38.0 Å². The van der Waals surface area contributed by atoms with Crippen LogP contribution in [0.5, 0.6) is 0 Å². The Labute approximate surface area is 122 Å².